The summed E-state index contributed by atoms with van der Waals surface area (Å²) in [7, 11) is 0. The normalized spacial score (nSPS) is 17.5. The van der Waals surface area contributed by atoms with Crippen LogP contribution in [0.15, 0.2) is 60.9 Å². The number of anilines is 2. The molecule has 3 aromatic rings. The van der Waals surface area contributed by atoms with Crippen LogP contribution in [0.5, 0.6) is 6.01 Å². The molecular formula is C25H25FN4O4. The number of rotatable bonds is 6. The monoisotopic (exact) mass is 464 g/mol. The van der Waals surface area contributed by atoms with E-state index < -0.39 is 11.8 Å². The summed E-state index contributed by atoms with van der Waals surface area (Å²) in [6.45, 7) is 1.42. The number of urea groups is 1. The average molecular weight is 464 g/mol. The van der Waals surface area contributed by atoms with Crippen molar-refractivity contribution in [1.82, 2.24) is 9.97 Å². The Morgan fingerprint density at radius 1 is 0.882 bits per heavy atom. The van der Waals surface area contributed by atoms with Gasteiger partial charge in [-0.15, -0.1) is 0 Å². The van der Waals surface area contributed by atoms with Gasteiger partial charge in [0.2, 0.25) is 0 Å². The molecule has 9 heteroatoms. The van der Waals surface area contributed by atoms with Crippen LogP contribution in [0.2, 0.25) is 0 Å². The molecule has 0 spiro atoms. The summed E-state index contributed by atoms with van der Waals surface area (Å²) in [6.07, 6.45) is 6.44. The third-order valence-corrected chi connectivity index (χ3v) is 5.41. The van der Waals surface area contributed by atoms with Crippen LogP contribution in [0.25, 0.3) is 11.1 Å². The van der Waals surface area contributed by atoms with Crippen molar-refractivity contribution in [2.75, 3.05) is 10.6 Å². The molecule has 0 atom stereocenters. The van der Waals surface area contributed by atoms with Crippen molar-refractivity contribution in [3.63, 3.8) is 0 Å². The van der Waals surface area contributed by atoms with Crippen LogP contribution in [-0.2, 0) is 9.53 Å². The summed E-state index contributed by atoms with van der Waals surface area (Å²) in [5, 5.41) is 5.29. The number of amides is 2. The molecule has 0 aliphatic heterocycles. The third kappa shape index (κ3) is 6.50. The van der Waals surface area contributed by atoms with Crippen LogP contribution < -0.4 is 15.4 Å². The Kier molecular flexibility index (Phi) is 7.31. The molecule has 1 fully saturated rings. The standard InChI is InChI=1S/C25H25FN4O4/c1-16(31)33-22-9-11-23(12-10-22)34-25-27-14-18(15-28-25)17-5-7-20(8-6-17)29-24(32)30-21-4-2-3-19(26)13-21/h2-8,13-15,22-23H,9-12H2,1H3,(H2,29,30,32). The minimum absolute atomic E-state index is 0.00143. The van der Waals surface area contributed by atoms with Gasteiger partial charge in [0, 0.05) is 36.3 Å². The van der Waals surface area contributed by atoms with E-state index in [-0.39, 0.29) is 18.2 Å². The lowest BCUT2D eigenvalue weighted by Gasteiger charge is -2.27. The van der Waals surface area contributed by atoms with Gasteiger partial charge < -0.3 is 20.1 Å². The molecule has 0 radical (unpaired) electrons. The first-order valence-electron chi connectivity index (χ1n) is 11.0. The lowest BCUT2D eigenvalue weighted by Crippen LogP contribution is -2.29. The quantitative estimate of drug-likeness (QED) is 0.488. The van der Waals surface area contributed by atoms with Gasteiger partial charge in [-0.25, -0.2) is 19.2 Å². The SMILES string of the molecule is CC(=O)OC1CCC(Oc2ncc(-c3ccc(NC(=O)Nc4cccc(F)c4)cc3)cn2)CC1. The highest BCUT2D eigenvalue weighted by molar-refractivity contribution is 5.99. The molecule has 8 nitrogen and oxygen atoms in total. The van der Waals surface area contributed by atoms with Gasteiger partial charge in [-0.3, -0.25) is 4.79 Å². The Bertz CT molecular complexity index is 1130. The van der Waals surface area contributed by atoms with Crippen LogP contribution in [0.4, 0.5) is 20.6 Å². The summed E-state index contributed by atoms with van der Waals surface area (Å²) in [4.78, 5) is 31.8. The molecule has 4 rings (SSSR count). The Morgan fingerprint density at radius 3 is 2.18 bits per heavy atom. The molecule has 34 heavy (non-hydrogen) atoms. The van der Waals surface area contributed by atoms with Crippen LogP contribution in [0, 0.1) is 5.82 Å². The summed E-state index contributed by atoms with van der Waals surface area (Å²) < 4.78 is 24.4. The number of aromatic nitrogens is 2. The number of hydrogen-bond acceptors (Lipinski definition) is 6. The van der Waals surface area contributed by atoms with Crippen molar-refractivity contribution in [3.8, 4) is 17.1 Å². The average Bonchev–Trinajstić information content (AvgIpc) is 2.81. The van der Waals surface area contributed by atoms with Crippen molar-refractivity contribution in [1.29, 1.82) is 0 Å². The van der Waals surface area contributed by atoms with Gasteiger partial charge in [0.25, 0.3) is 0 Å². The number of nitrogens with zero attached hydrogens (tertiary/aromatic N) is 2. The van der Waals surface area contributed by atoms with Crippen LogP contribution in [0.1, 0.15) is 32.6 Å². The maximum absolute atomic E-state index is 13.2. The van der Waals surface area contributed by atoms with Crippen LogP contribution in [0.3, 0.4) is 0 Å². The maximum Gasteiger partial charge on any atom is 0.323 e. The zero-order valence-electron chi connectivity index (χ0n) is 18.7. The zero-order chi connectivity index (χ0) is 23.9. The van der Waals surface area contributed by atoms with E-state index in [1.54, 1.807) is 30.6 Å². The van der Waals surface area contributed by atoms with E-state index in [0.29, 0.717) is 17.4 Å². The predicted molar refractivity (Wildman–Crippen MR) is 125 cm³/mol. The molecule has 176 valence electrons. The van der Waals surface area contributed by atoms with E-state index in [4.69, 9.17) is 9.47 Å². The van der Waals surface area contributed by atoms with Crippen molar-refractivity contribution in [2.24, 2.45) is 0 Å². The number of nitrogens with one attached hydrogen (secondary N) is 2. The Hall–Kier alpha value is -4.01. The second-order valence-corrected chi connectivity index (χ2v) is 8.05. The van der Waals surface area contributed by atoms with Crippen molar-refractivity contribution in [3.05, 3.63) is 66.7 Å². The lowest BCUT2D eigenvalue weighted by molar-refractivity contribution is -0.148. The first-order valence-corrected chi connectivity index (χ1v) is 11.0. The van der Waals surface area contributed by atoms with Gasteiger partial charge in [-0.2, -0.15) is 0 Å². The molecular weight excluding hydrogens is 439 g/mol. The van der Waals surface area contributed by atoms with Crippen LogP contribution in [-0.4, -0.2) is 34.2 Å². The first-order chi connectivity index (χ1) is 16.4. The molecule has 2 amide bonds. The Morgan fingerprint density at radius 2 is 1.53 bits per heavy atom. The van der Waals surface area contributed by atoms with Crippen molar-refractivity contribution >= 4 is 23.4 Å². The van der Waals surface area contributed by atoms with Crippen molar-refractivity contribution in [2.45, 2.75) is 44.8 Å². The van der Waals surface area contributed by atoms with Gasteiger partial charge in [0.1, 0.15) is 18.0 Å². The number of carbonyl (C=O) groups is 2. The van der Waals surface area contributed by atoms with E-state index in [9.17, 15) is 14.0 Å². The Labute approximate surface area is 196 Å². The predicted octanol–water partition coefficient (Wildman–Crippen LogP) is 5.18. The Balaban J connectivity index is 1.28. The molecule has 2 aromatic carbocycles. The minimum Gasteiger partial charge on any atom is -0.463 e. The molecule has 1 aromatic heterocycles. The molecule has 1 saturated carbocycles. The van der Waals surface area contributed by atoms with E-state index >= 15 is 0 Å². The van der Waals surface area contributed by atoms with E-state index in [1.165, 1.54) is 25.1 Å². The zero-order valence-corrected chi connectivity index (χ0v) is 18.7. The number of ether oxygens (including phenoxy) is 2. The minimum atomic E-state index is -0.468. The molecule has 0 unspecified atom stereocenters. The van der Waals surface area contributed by atoms with Gasteiger partial charge in [0.15, 0.2) is 0 Å². The fraction of sp³-hybridized carbons (Fsp3) is 0.280. The second kappa shape index (κ2) is 10.7. The van der Waals surface area contributed by atoms with Gasteiger partial charge in [0.05, 0.1) is 0 Å². The second-order valence-electron chi connectivity index (χ2n) is 8.05. The molecule has 1 heterocycles. The number of halogens is 1. The van der Waals surface area contributed by atoms with Crippen LogP contribution >= 0.6 is 0 Å². The molecule has 1 aliphatic carbocycles. The topological polar surface area (TPSA) is 102 Å². The van der Waals surface area contributed by atoms with E-state index in [1.807, 2.05) is 12.1 Å². The third-order valence-electron chi connectivity index (χ3n) is 5.41. The lowest BCUT2D eigenvalue weighted by atomic mass is 9.95. The van der Waals surface area contributed by atoms with Gasteiger partial charge in [-0.1, -0.05) is 18.2 Å². The van der Waals surface area contributed by atoms with Gasteiger partial charge >= 0.3 is 18.0 Å². The first kappa shape index (κ1) is 23.2. The number of esters is 1. The molecule has 2 N–H and O–H groups in total. The van der Waals surface area contributed by atoms with E-state index in [0.717, 1.165) is 36.8 Å². The summed E-state index contributed by atoms with van der Waals surface area (Å²) >= 11 is 0. The molecule has 1 aliphatic rings. The highest BCUT2D eigenvalue weighted by Crippen LogP contribution is 2.25. The molecule has 0 bridgehead atoms. The van der Waals surface area contributed by atoms with E-state index in [2.05, 4.69) is 20.6 Å². The fourth-order valence-corrected chi connectivity index (χ4v) is 3.78. The van der Waals surface area contributed by atoms with Gasteiger partial charge in [-0.05, 0) is 61.6 Å². The molecule has 0 saturated heterocycles. The fourth-order valence-electron chi connectivity index (χ4n) is 3.78. The summed E-state index contributed by atoms with van der Waals surface area (Å²) in [5.74, 6) is -0.674. The highest BCUT2D eigenvalue weighted by atomic mass is 19.1. The maximum atomic E-state index is 13.2. The number of carbonyl (C=O) groups excluding carboxylic acids is 2. The highest BCUT2D eigenvalue weighted by Gasteiger charge is 2.24. The summed E-state index contributed by atoms with van der Waals surface area (Å²) in [6, 6.07) is 12.7. The van der Waals surface area contributed by atoms with Crippen molar-refractivity contribution < 1.29 is 23.5 Å². The summed E-state index contributed by atoms with van der Waals surface area (Å²) in [5.41, 5.74) is 2.64. The smallest absolute Gasteiger partial charge is 0.323 e. The number of hydrogen-bond donors (Lipinski definition) is 2. The largest absolute Gasteiger partial charge is 0.463 e. The number of benzene rings is 2.